The van der Waals surface area contributed by atoms with E-state index in [0.29, 0.717) is 18.6 Å². The van der Waals surface area contributed by atoms with Crippen LogP contribution in [0.2, 0.25) is 0 Å². The summed E-state index contributed by atoms with van der Waals surface area (Å²) in [5, 5.41) is 3.61. The number of benzene rings is 1. The minimum absolute atomic E-state index is 0.00199. The van der Waals surface area contributed by atoms with E-state index < -0.39 is 17.6 Å². The molecule has 20 heavy (non-hydrogen) atoms. The number of hydrogen-bond acceptors (Lipinski definition) is 4. The summed E-state index contributed by atoms with van der Waals surface area (Å²) in [5.41, 5.74) is 4.18. The molecule has 0 aliphatic rings. The first-order chi connectivity index (χ1) is 9.27. The fourth-order valence-corrected chi connectivity index (χ4v) is 1.62. The molecule has 1 aromatic carbocycles. The first kappa shape index (κ1) is 14.4. The summed E-state index contributed by atoms with van der Waals surface area (Å²) < 4.78 is 55.8. The van der Waals surface area contributed by atoms with Gasteiger partial charge in [-0.15, -0.1) is 0 Å². The Kier molecular flexibility index (Phi) is 3.76. The van der Waals surface area contributed by atoms with E-state index in [1.807, 2.05) is 0 Å². The zero-order valence-corrected chi connectivity index (χ0v) is 10.4. The third kappa shape index (κ3) is 3.13. The smallest absolute Gasteiger partial charge is 0.334 e. The van der Waals surface area contributed by atoms with E-state index in [2.05, 4.69) is 10.1 Å². The average Bonchev–Trinajstić information content (AvgIpc) is 2.75. The number of hydrogen-bond donors (Lipinski definition) is 1. The highest BCUT2D eigenvalue weighted by Gasteiger charge is 2.34. The van der Waals surface area contributed by atoms with Crippen molar-refractivity contribution in [3.8, 4) is 11.5 Å². The molecule has 0 amide bonds. The van der Waals surface area contributed by atoms with Gasteiger partial charge in [-0.3, -0.25) is 0 Å². The van der Waals surface area contributed by atoms with Crippen LogP contribution in [-0.2, 0) is 12.6 Å². The highest BCUT2D eigenvalue weighted by atomic mass is 19.4. The lowest BCUT2D eigenvalue weighted by Gasteiger charge is -2.08. The fourth-order valence-electron chi connectivity index (χ4n) is 1.62. The van der Waals surface area contributed by atoms with Gasteiger partial charge in [0.05, 0.1) is 5.56 Å². The number of alkyl halides is 3. The fraction of sp³-hybridized carbons (Fsp3) is 0.333. The lowest BCUT2D eigenvalue weighted by molar-refractivity contribution is -0.139. The Morgan fingerprint density at radius 3 is 2.65 bits per heavy atom. The third-order valence-electron chi connectivity index (χ3n) is 2.49. The molecule has 2 N–H and O–H groups in total. The van der Waals surface area contributed by atoms with Crippen LogP contribution in [0.1, 0.15) is 18.3 Å². The molecule has 1 aromatic heterocycles. The molecule has 1 unspecified atom stereocenters. The summed E-state index contributed by atoms with van der Waals surface area (Å²) in [6.07, 6.45) is -4.45. The predicted octanol–water partition coefficient (Wildman–Crippen LogP) is 2.78. The Labute approximate surface area is 111 Å². The molecule has 0 aliphatic carbocycles. The molecule has 2 aromatic rings. The van der Waals surface area contributed by atoms with Crippen LogP contribution in [0.15, 0.2) is 22.7 Å². The van der Waals surface area contributed by atoms with E-state index >= 15 is 0 Å². The van der Waals surface area contributed by atoms with Gasteiger partial charge in [-0.05, 0) is 25.1 Å². The number of rotatable bonds is 3. The molecular weight excluding hydrogens is 278 g/mol. The van der Waals surface area contributed by atoms with Crippen molar-refractivity contribution in [3.05, 3.63) is 35.4 Å². The van der Waals surface area contributed by atoms with Crippen molar-refractivity contribution in [2.24, 2.45) is 5.73 Å². The Bertz CT molecular complexity index is 607. The van der Waals surface area contributed by atoms with Gasteiger partial charge in [0, 0.05) is 18.0 Å². The van der Waals surface area contributed by atoms with Gasteiger partial charge >= 0.3 is 6.18 Å². The molecule has 0 bridgehead atoms. The molecule has 1 atom stereocenters. The molecule has 8 heteroatoms. The Morgan fingerprint density at radius 1 is 1.35 bits per heavy atom. The number of nitrogens with zero attached hydrogens (tertiary/aromatic N) is 2. The van der Waals surface area contributed by atoms with Gasteiger partial charge < -0.3 is 10.3 Å². The highest BCUT2D eigenvalue weighted by molar-refractivity contribution is 5.54. The molecule has 0 aliphatic heterocycles. The lowest BCUT2D eigenvalue weighted by atomic mass is 10.1. The number of halogens is 4. The Morgan fingerprint density at radius 2 is 2.05 bits per heavy atom. The molecule has 2 rings (SSSR count). The summed E-state index contributed by atoms with van der Waals surface area (Å²) in [7, 11) is 0. The van der Waals surface area contributed by atoms with Gasteiger partial charge in [0.1, 0.15) is 5.82 Å². The topological polar surface area (TPSA) is 64.9 Å². The van der Waals surface area contributed by atoms with E-state index in [-0.39, 0.29) is 23.3 Å². The number of nitrogens with two attached hydrogens (primary N) is 1. The molecule has 4 nitrogen and oxygen atoms in total. The van der Waals surface area contributed by atoms with Crippen LogP contribution < -0.4 is 5.73 Å². The van der Waals surface area contributed by atoms with Crippen molar-refractivity contribution in [1.29, 1.82) is 0 Å². The zero-order chi connectivity index (χ0) is 14.9. The summed E-state index contributed by atoms with van der Waals surface area (Å²) in [5.74, 6) is -1.17. The zero-order valence-electron chi connectivity index (χ0n) is 10.4. The van der Waals surface area contributed by atoms with Gasteiger partial charge in [0.15, 0.2) is 5.82 Å². The van der Waals surface area contributed by atoms with Crippen molar-refractivity contribution in [1.82, 2.24) is 10.1 Å². The van der Waals surface area contributed by atoms with E-state index in [1.165, 1.54) is 0 Å². The van der Waals surface area contributed by atoms with Crippen molar-refractivity contribution < 1.29 is 22.1 Å². The lowest BCUT2D eigenvalue weighted by Crippen LogP contribution is -2.18. The third-order valence-corrected chi connectivity index (χ3v) is 2.49. The summed E-state index contributed by atoms with van der Waals surface area (Å²) in [6.45, 7) is 1.73. The normalized spacial score (nSPS) is 13.5. The van der Waals surface area contributed by atoms with Gasteiger partial charge in [-0.25, -0.2) is 4.39 Å². The van der Waals surface area contributed by atoms with Crippen LogP contribution in [-0.4, -0.2) is 16.2 Å². The molecular formula is C12H11F4N3O. The minimum atomic E-state index is -4.78. The summed E-state index contributed by atoms with van der Waals surface area (Å²) in [6, 6.07) is 2.29. The van der Waals surface area contributed by atoms with Crippen LogP contribution in [0.5, 0.6) is 0 Å². The molecule has 0 saturated heterocycles. The second kappa shape index (κ2) is 5.20. The van der Waals surface area contributed by atoms with Gasteiger partial charge in [-0.2, -0.15) is 18.2 Å². The monoisotopic (exact) mass is 289 g/mol. The summed E-state index contributed by atoms with van der Waals surface area (Å²) >= 11 is 0. The minimum Gasteiger partial charge on any atom is -0.334 e. The van der Waals surface area contributed by atoms with Crippen LogP contribution in [0.3, 0.4) is 0 Å². The number of aromatic nitrogens is 2. The first-order valence-corrected chi connectivity index (χ1v) is 5.72. The van der Waals surface area contributed by atoms with Crippen molar-refractivity contribution in [2.75, 3.05) is 0 Å². The largest absolute Gasteiger partial charge is 0.419 e. The van der Waals surface area contributed by atoms with Crippen LogP contribution in [0.4, 0.5) is 17.6 Å². The van der Waals surface area contributed by atoms with Crippen LogP contribution >= 0.6 is 0 Å². The average molecular weight is 289 g/mol. The predicted molar refractivity (Wildman–Crippen MR) is 62.0 cm³/mol. The Hall–Kier alpha value is -1.96. The van der Waals surface area contributed by atoms with E-state index in [0.717, 1.165) is 6.07 Å². The van der Waals surface area contributed by atoms with E-state index in [4.69, 9.17) is 10.3 Å². The second-order valence-corrected chi connectivity index (χ2v) is 4.39. The quantitative estimate of drug-likeness (QED) is 0.882. The summed E-state index contributed by atoms with van der Waals surface area (Å²) in [4.78, 5) is 3.93. The van der Waals surface area contributed by atoms with Crippen molar-refractivity contribution >= 4 is 0 Å². The second-order valence-electron chi connectivity index (χ2n) is 4.39. The maximum Gasteiger partial charge on any atom is 0.419 e. The molecule has 1 heterocycles. The molecule has 108 valence electrons. The standard InChI is InChI=1S/C12H11F4N3O/c1-6(17)4-10-18-11(20-19-10)7-2-3-9(13)8(5-7)12(14,15)16/h2-3,5-6H,4,17H2,1H3. The van der Waals surface area contributed by atoms with Gasteiger partial charge in [0.25, 0.3) is 5.89 Å². The van der Waals surface area contributed by atoms with Gasteiger partial charge in [-0.1, -0.05) is 5.16 Å². The van der Waals surface area contributed by atoms with Gasteiger partial charge in [0.2, 0.25) is 0 Å². The maximum absolute atomic E-state index is 13.2. The first-order valence-electron chi connectivity index (χ1n) is 5.72. The van der Waals surface area contributed by atoms with Crippen molar-refractivity contribution in [2.45, 2.75) is 25.6 Å². The molecule has 0 spiro atoms. The SMILES string of the molecule is CC(N)Cc1noc(-c2ccc(F)c(C(F)(F)F)c2)n1. The molecule has 0 radical (unpaired) electrons. The maximum atomic E-state index is 13.2. The van der Waals surface area contributed by atoms with Crippen LogP contribution in [0.25, 0.3) is 11.5 Å². The highest BCUT2D eigenvalue weighted by Crippen LogP contribution is 2.33. The molecule has 0 fully saturated rings. The van der Waals surface area contributed by atoms with Crippen LogP contribution in [0, 0.1) is 5.82 Å². The van der Waals surface area contributed by atoms with Crippen molar-refractivity contribution in [3.63, 3.8) is 0 Å². The van der Waals surface area contributed by atoms with E-state index in [9.17, 15) is 17.6 Å². The molecule has 0 saturated carbocycles. The Balaban J connectivity index is 2.36. The van der Waals surface area contributed by atoms with E-state index in [1.54, 1.807) is 6.92 Å².